The van der Waals surface area contributed by atoms with Crippen molar-refractivity contribution >= 4 is 16.9 Å². The highest BCUT2D eigenvalue weighted by atomic mass is 16.5. The molecule has 0 saturated carbocycles. The number of fused-ring (bicyclic) bond motifs is 1. The molecule has 0 spiro atoms. The van der Waals surface area contributed by atoms with Crippen molar-refractivity contribution in [3.63, 3.8) is 0 Å². The Bertz CT molecular complexity index is 1350. The highest BCUT2D eigenvalue weighted by Crippen LogP contribution is 2.27. The molecule has 0 aliphatic rings. The number of amides is 1. The number of methoxy groups -OCH3 is 2. The Hall–Kier alpha value is -4.00. The van der Waals surface area contributed by atoms with Gasteiger partial charge in [0.25, 0.3) is 0 Å². The van der Waals surface area contributed by atoms with Crippen LogP contribution >= 0.6 is 0 Å². The monoisotopic (exact) mass is 487 g/mol. The van der Waals surface area contributed by atoms with Crippen molar-refractivity contribution in [2.24, 2.45) is 0 Å². The summed E-state index contributed by atoms with van der Waals surface area (Å²) in [7, 11) is 3.17. The summed E-state index contributed by atoms with van der Waals surface area (Å²) in [5, 5.41) is 3.02. The molecule has 3 aromatic carbocycles. The number of imidazole rings is 1. The maximum atomic E-state index is 12.6. The van der Waals surface area contributed by atoms with Crippen LogP contribution < -0.4 is 19.5 Å². The molecule has 0 unspecified atom stereocenters. The Labute approximate surface area is 212 Å². The number of para-hydroxylation sites is 2. The number of nitrogens with one attached hydrogen (secondary N) is 1. The number of carbonyl (C=O) groups is 1. The van der Waals surface area contributed by atoms with E-state index in [0.717, 1.165) is 28.2 Å². The summed E-state index contributed by atoms with van der Waals surface area (Å²) in [6.07, 6.45) is 0.885. The van der Waals surface area contributed by atoms with E-state index in [1.165, 1.54) is 11.1 Å². The first-order chi connectivity index (χ1) is 17.5. The number of aromatic nitrogens is 2. The molecule has 7 heteroatoms. The van der Waals surface area contributed by atoms with Crippen LogP contribution in [-0.4, -0.2) is 42.8 Å². The van der Waals surface area contributed by atoms with Crippen LogP contribution in [0, 0.1) is 13.8 Å². The van der Waals surface area contributed by atoms with Crippen LogP contribution in [0.5, 0.6) is 17.2 Å². The second-order valence-electron chi connectivity index (χ2n) is 8.73. The quantitative estimate of drug-likeness (QED) is 0.333. The third-order valence-corrected chi connectivity index (χ3v) is 6.28. The van der Waals surface area contributed by atoms with Crippen molar-refractivity contribution in [3.8, 4) is 17.2 Å². The molecule has 0 radical (unpaired) electrons. The summed E-state index contributed by atoms with van der Waals surface area (Å²) in [6.45, 7) is 5.87. The van der Waals surface area contributed by atoms with Gasteiger partial charge in [-0.2, -0.15) is 0 Å². The maximum absolute atomic E-state index is 12.6. The standard InChI is InChI=1S/C29H33N3O4/c1-20-9-11-23(17-21(20)2)36-16-15-32-25-8-6-5-7-24(25)31-28(32)13-14-30-29(33)19-22-10-12-26(34-3)27(18-22)35-4/h5-12,17-18H,13-16,19H2,1-4H3,(H,30,33). The van der Waals surface area contributed by atoms with Gasteiger partial charge in [0, 0.05) is 13.0 Å². The summed E-state index contributed by atoms with van der Waals surface area (Å²) in [6, 6.07) is 19.7. The molecule has 0 aliphatic carbocycles. The molecule has 0 saturated heterocycles. The number of ether oxygens (including phenoxy) is 3. The number of nitrogens with zero attached hydrogens (tertiary/aromatic N) is 2. The molecule has 4 aromatic rings. The largest absolute Gasteiger partial charge is 0.493 e. The van der Waals surface area contributed by atoms with Gasteiger partial charge in [-0.05, 0) is 66.9 Å². The van der Waals surface area contributed by atoms with Gasteiger partial charge in [-0.3, -0.25) is 4.79 Å². The molecule has 7 nitrogen and oxygen atoms in total. The number of aryl methyl sites for hydroxylation is 2. The highest BCUT2D eigenvalue weighted by molar-refractivity contribution is 5.79. The van der Waals surface area contributed by atoms with E-state index in [2.05, 4.69) is 41.9 Å². The molecule has 0 bridgehead atoms. The summed E-state index contributed by atoms with van der Waals surface area (Å²) < 4.78 is 18.8. The van der Waals surface area contributed by atoms with E-state index in [9.17, 15) is 4.79 Å². The Balaban J connectivity index is 1.37. The normalized spacial score (nSPS) is 10.9. The second kappa shape index (κ2) is 11.6. The average molecular weight is 488 g/mol. The molecule has 188 valence electrons. The lowest BCUT2D eigenvalue weighted by Crippen LogP contribution is -2.28. The summed E-state index contributed by atoms with van der Waals surface area (Å²) >= 11 is 0. The molecule has 1 amide bonds. The van der Waals surface area contributed by atoms with Crippen molar-refractivity contribution < 1.29 is 19.0 Å². The van der Waals surface area contributed by atoms with Crippen molar-refractivity contribution in [1.82, 2.24) is 14.9 Å². The Kier molecular flexibility index (Phi) is 8.10. The Morgan fingerprint density at radius 2 is 1.75 bits per heavy atom. The van der Waals surface area contributed by atoms with E-state index in [0.29, 0.717) is 37.6 Å². The average Bonchev–Trinajstić information content (AvgIpc) is 3.23. The Morgan fingerprint density at radius 1 is 0.944 bits per heavy atom. The minimum Gasteiger partial charge on any atom is -0.493 e. The van der Waals surface area contributed by atoms with Gasteiger partial charge in [0.15, 0.2) is 11.5 Å². The fourth-order valence-electron chi connectivity index (χ4n) is 4.18. The lowest BCUT2D eigenvalue weighted by atomic mass is 10.1. The predicted molar refractivity (Wildman–Crippen MR) is 141 cm³/mol. The van der Waals surface area contributed by atoms with Crippen LogP contribution in [0.1, 0.15) is 22.5 Å². The summed E-state index contributed by atoms with van der Waals surface area (Å²) in [5.41, 5.74) is 5.33. The van der Waals surface area contributed by atoms with E-state index in [1.54, 1.807) is 14.2 Å². The van der Waals surface area contributed by atoms with Gasteiger partial charge in [-0.1, -0.05) is 24.3 Å². The fourth-order valence-corrected chi connectivity index (χ4v) is 4.18. The topological polar surface area (TPSA) is 74.6 Å². The van der Waals surface area contributed by atoms with Crippen molar-refractivity contribution in [3.05, 3.63) is 83.2 Å². The lowest BCUT2D eigenvalue weighted by Gasteiger charge is -2.12. The summed E-state index contributed by atoms with van der Waals surface area (Å²) in [4.78, 5) is 17.4. The van der Waals surface area contributed by atoms with Gasteiger partial charge in [-0.25, -0.2) is 4.98 Å². The van der Waals surface area contributed by atoms with Crippen LogP contribution in [0.3, 0.4) is 0 Å². The summed E-state index contributed by atoms with van der Waals surface area (Å²) in [5.74, 6) is 2.99. The molecule has 1 heterocycles. The first-order valence-electron chi connectivity index (χ1n) is 12.1. The fraction of sp³-hybridized carbons (Fsp3) is 0.310. The Morgan fingerprint density at radius 3 is 2.53 bits per heavy atom. The van der Waals surface area contributed by atoms with E-state index >= 15 is 0 Å². The van der Waals surface area contributed by atoms with E-state index in [-0.39, 0.29) is 12.3 Å². The zero-order valence-electron chi connectivity index (χ0n) is 21.3. The molecule has 0 fully saturated rings. The molecule has 36 heavy (non-hydrogen) atoms. The maximum Gasteiger partial charge on any atom is 0.224 e. The SMILES string of the molecule is COc1ccc(CC(=O)NCCc2nc3ccccc3n2CCOc2ccc(C)c(C)c2)cc1OC. The van der Waals surface area contributed by atoms with Crippen LogP contribution in [0.2, 0.25) is 0 Å². The number of hydrogen-bond donors (Lipinski definition) is 1. The van der Waals surface area contributed by atoms with Crippen LogP contribution in [0.4, 0.5) is 0 Å². The first-order valence-corrected chi connectivity index (χ1v) is 12.1. The van der Waals surface area contributed by atoms with Crippen molar-refractivity contribution in [1.29, 1.82) is 0 Å². The lowest BCUT2D eigenvalue weighted by molar-refractivity contribution is -0.120. The van der Waals surface area contributed by atoms with Crippen molar-refractivity contribution in [2.45, 2.75) is 33.2 Å². The van der Waals surface area contributed by atoms with Crippen LogP contribution in [0.15, 0.2) is 60.7 Å². The number of rotatable bonds is 11. The van der Waals surface area contributed by atoms with Crippen molar-refractivity contribution in [2.75, 3.05) is 27.4 Å². The first kappa shape index (κ1) is 25.1. The zero-order valence-corrected chi connectivity index (χ0v) is 21.3. The highest BCUT2D eigenvalue weighted by Gasteiger charge is 2.12. The van der Waals surface area contributed by atoms with Crippen LogP contribution in [0.25, 0.3) is 11.0 Å². The van der Waals surface area contributed by atoms with Gasteiger partial charge in [-0.15, -0.1) is 0 Å². The number of hydrogen-bond acceptors (Lipinski definition) is 5. The molecule has 1 N–H and O–H groups in total. The van der Waals surface area contributed by atoms with Gasteiger partial charge >= 0.3 is 0 Å². The molecular weight excluding hydrogens is 454 g/mol. The van der Waals surface area contributed by atoms with Gasteiger partial charge in [0.05, 0.1) is 38.2 Å². The third-order valence-electron chi connectivity index (χ3n) is 6.28. The minimum absolute atomic E-state index is 0.0528. The zero-order chi connectivity index (χ0) is 25.5. The molecule has 4 rings (SSSR count). The molecule has 1 aromatic heterocycles. The van der Waals surface area contributed by atoms with Gasteiger partial charge in [0.1, 0.15) is 18.2 Å². The molecular formula is C29H33N3O4. The van der Waals surface area contributed by atoms with Gasteiger partial charge in [0.2, 0.25) is 5.91 Å². The predicted octanol–water partition coefficient (Wildman–Crippen LogP) is 4.65. The third kappa shape index (κ3) is 5.97. The molecule has 0 atom stereocenters. The number of carbonyl (C=O) groups excluding carboxylic acids is 1. The van der Waals surface area contributed by atoms with E-state index in [1.807, 2.05) is 42.5 Å². The van der Waals surface area contributed by atoms with Gasteiger partial charge < -0.3 is 24.1 Å². The van der Waals surface area contributed by atoms with Crippen LogP contribution in [-0.2, 0) is 24.2 Å². The number of benzene rings is 3. The van der Waals surface area contributed by atoms with E-state index in [4.69, 9.17) is 19.2 Å². The van der Waals surface area contributed by atoms with E-state index < -0.39 is 0 Å². The molecule has 0 aliphatic heterocycles. The second-order valence-corrected chi connectivity index (χ2v) is 8.73. The minimum atomic E-state index is -0.0528. The smallest absolute Gasteiger partial charge is 0.224 e.